The Morgan fingerprint density at radius 1 is 0.773 bits per heavy atom. The second-order valence-corrected chi connectivity index (χ2v) is 26.0. The molecule has 1 aromatic rings. The third-order valence-corrected chi connectivity index (χ3v) is 22.0. The predicted molar refractivity (Wildman–Crippen MR) is 188 cm³/mol. The van der Waals surface area contributed by atoms with Crippen LogP contribution in [0.5, 0.6) is 0 Å². The van der Waals surface area contributed by atoms with Crippen LogP contribution >= 0.6 is 0 Å². The van der Waals surface area contributed by atoms with E-state index in [9.17, 15) is 5.11 Å². The molecule has 1 aromatic carbocycles. The zero-order valence-corrected chi connectivity index (χ0v) is 32.5. The molecule has 1 heterocycles. The molecule has 6 nitrogen and oxygen atoms in total. The molecule has 0 radical (unpaired) electrons. The summed E-state index contributed by atoms with van der Waals surface area (Å²) < 4.78 is 32.7. The maximum Gasteiger partial charge on any atom is 0.200 e. The van der Waals surface area contributed by atoms with Gasteiger partial charge in [0.05, 0.1) is 26.4 Å². The van der Waals surface area contributed by atoms with Gasteiger partial charge in [0.15, 0.2) is 5.79 Å². The summed E-state index contributed by atoms with van der Waals surface area (Å²) in [5, 5.41) is 12.1. The largest absolute Gasteiger partial charge is 0.412 e. The number of ether oxygens (including phenoxy) is 3. The first-order valence-electron chi connectivity index (χ1n) is 17.0. The normalized spacial score (nSPS) is 20.7. The van der Waals surface area contributed by atoms with Crippen LogP contribution in [0.3, 0.4) is 0 Å². The zero-order chi connectivity index (χ0) is 33.5. The van der Waals surface area contributed by atoms with E-state index in [0.29, 0.717) is 59.7 Å². The molecule has 0 amide bonds. The summed E-state index contributed by atoms with van der Waals surface area (Å²) in [5.41, 5.74) is 4.63. The van der Waals surface area contributed by atoms with Gasteiger partial charge in [-0.05, 0) is 58.2 Å². The van der Waals surface area contributed by atoms with Gasteiger partial charge in [-0.25, -0.2) is 0 Å². The summed E-state index contributed by atoms with van der Waals surface area (Å²) in [5.74, 6) is -0.837. The number of aliphatic hydroxyl groups is 1. The van der Waals surface area contributed by atoms with Crippen LogP contribution in [0.1, 0.15) is 102 Å². The Hall–Kier alpha value is -0.846. The molecule has 3 atom stereocenters. The summed E-state index contributed by atoms with van der Waals surface area (Å²) >= 11 is 0. The first-order chi connectivity index (χ1) is 20.4. The van der Waals surface area contributed by atoms with Crippen molar-refractivity contribution in [2.75, 3.05) is 19.8 Å². The second kappa shape index (κ2) is 16.8. The molecule has 8 heteroatoms. The van der Waals surface area contributed by atoms with Gasteiger partial charge in [-0.15, -0.1) is 0 Å². The number of hydrogen-bond acceptors (Lipinski definition) is 6. The third-order valence-electron chi connectivity index (χ3n) is 9.89. The van der Waals surface area contributed by atoms with Gasteiger partial charge >= 0.3 is 0 Å². The molecule has 0 saturated carbocycles. The maximum absolute atomic E-state index is 12.1. The van der Waals surface area contributed by atoms with E-state index in [-0.39, 0.29) is 0 Å². The Morgan fingerprint density at radius 2 is 1.25 bits per heavy atom. The van der Waals surface area contributed by atoms with Gasteiger partial charge in [-0.1, -0.05) is 119 Å². The Morgan fingerprint density at radius 3 is 1.73 bits per heavy atom. The fourth-order valence-electron chi connectivity index (χ4n) is 8.10. The standard InChI is InChI=1S/C36H66O6Si2/c1-25(2)43(26(3)4,27(5)6)39-21-20-32(23-40-44(28(7)8,29(9)10)30(11)12)34(37)35-33(41-36(13,14)42-35)24-38-22-31-18-16-15-17-19-31/h15-20,25-30,33-35,37H,21-24H2,1-14H3/b32-20+/t33-,34+,35+/m0/s1. The van der Waals surface area contributed by atoms with Crippen LogP contribution in [0, 0.1) is 0 Å². The Kier molecular flexibility index (Phi) is 15.0. The molecule has 0 aliphatic carbocycles. The molecule has 0 aromatic heterocycles. The first-order valence-corrected chi connectivity index (χ1v) is 21.3. The third kappa shape index (κ3) is 9.37. The van der Waals surface area contributed by atoms with Crippen LogP contribution in [0.4, 0.5) is 0 Å². The fraction of sp³-hybridized carbons (Fsp3) is 0.778. The minimum Gasteiger partial charge on any atom is -0.412 e. The molecule has 2 rings (SSSR count). The summed E-state index contributed by atoms with van der Waals surface area (Å²) in [6.45, 7) is 32.9. The van der Waals surface area contributed by atoms with Crippen molar-refractivity contribution in [1.29, 1.82) is 0 Å². The van der Waals surface area contributed by atoms with Gasteiger partial charge < -0.3 is 28.2 Å². The van der Waals surface area contributed by atoms with Crippen LogP contribution in [0.15, 0.2) is 42.0 Å². The average molecular weight is 651 g/mol. The van der Waals surface area contributed by atoms with Crippen molar-refractivity contribution in [3.05, 3.63) is 47.5 Å². The monoisotopic (exact) mass is 650 g/mol. The lowest BCUT2D eigenvalue weighted by Gasteiger charge is -2.43. The maximum atomic E-state index is 12.1. The molecule has 0 unspecified atom stereocenters. The van der Waals surface area contributed by atoms with Crippen molar-refractivity contribution in [2.24, 2.45) is 0 Å². The SMILES string of the molecule is CC(C)[Si](OC/C=C(\CO[Si](C(C)C)(C(C)C)C(C)C)[C@@H](O)[C@@H]1OC(C)(C)O[C@H]1COCc1ccccc1)(C(C)C)C(C)C. The van der Waals surface area contributed by atoms with E-state index in [1.165, 1.54) is 0 Å². The molecule has 0 spiro atoms. The van der Waals surface area contributed by atoms with E-state index in [1.807, 2.05) is 44.2 Å². The topological polar surface area (TPSA) is 66.4 Å². The van der Waals surface area contributed by atoms with Gasteiger partial charge in [0, 0.05) is 0 Å². The van der Waals surface area contributed by atoms with E-state index >= 15 is 0 Å². The van der Waals surface area contributed by atoms with Crippen LogP contribution in [-0.4, -0.2) is 65.7 Å². The van der Waals surface area contributed by atoms with Gasteiger partial charge in [0.2, 0.25) is 16.6 Å². The highest BCUT2D eigenvalue weighted by Gasteiger charge is 2.49. The lowest BCUT2D eigenvalue weighted by Crippen LogP contribution is -2.49. The molecular weight excluding hydrogens is 585 g/mol. The highest BCUT2D eigenvalue weighted by atomic mass is 28.4. The summed E-state index contributed by atoms with van der Waals surface area (Å²) in [6.07, 6.45) is 0.144. The molecule has 1 saturated heterocycles. The minimum atomic E-state index is -2.19. The lowest BCUT2D eigenvalue weighted by atomic mass is 10.0. The van der Waals surface area contributed by atoms with Crippen molar-refractivity contribution < 1.29 is 28.2 Å². The summed E-state index contributed by atoms with van der Waals surface area (Å²) in [6, 6.07) is 10.1. The van der Waals surface area contributed by atoms with Crippen LogP contribution in [0.25, 0.3) is 0 Å². The Balaban J connectivity index is 2.41. The number of rotatable bonds is 18. The first kappa shape index (κ1) is 39.3. The van der Waals surface area contributed by atoms with Gasteiger partial charge in [-0.3, -0.25) is 0 Å². The zero-order valence-electron chi connectivity index (χ0n) is 30.5. The molecule has 44 heavy (non-hydrogen) atoms. The molecule has 1 aliphatic rings. The summed E-state index contributed by atoms with van der Waals surface area (Å²) in [7, 11) is -4.28. The van der Waals surface area contributed by atoms with Crippen molar-refractivity contribution in [2.45, 2.75) is 161 Å². The molecule has 0 bridgehead atoms. The summed E-state index contributed by atoms with van der Waals surface area (Å²) in [4.78, 5) is 0. The van der Waals surface area contributed by atoms with E-state index in [1.54, 1.807) is 0 Å². The van der Waals surface area contributed by atoms with E-state index in [0.717, 1.165) is 11.1 Å². The minimum absolute atomic E-state index is 0.317. The van der Waals surface area contributed by atoms with Crippen LogP contribution in [-0.2, 0) is 29.7 Å². The van der Waals surface area contributed by atoms with Crippen molar-refractivity contribution >= 4 is 16.6 Å². The van der Waals surface area contributed by atoms with Gasteiger partial charge in [-0.2, -0.15) is 0 Å². The predicted octanol–water partition coefficient (Wildman–Crippen LogP) is 9.39. The number of hydrogen-bond donors (Lipinski definition) is 1. The number of benzene rings is 1. The number of aliphatic hydroxyl groups excluding tert-OH is 1. The fourth-order valence-corrected chi connectivity index (χ4v) is 18.9. The van der Waals surface area contributed by atoms with Gasteiger partial charge in [0.1, 0.15) is 18.3 Å². The van der Waals surface area contributed by atoms with E-state index < -0.39 is 40.7 Å². The van der Waals surface area contributed by atoms with Crippen molar-refractivity contribution in [3.8, 4) is 0 Å². The van der Waals surface area contributed by atoms with Crippen molar-refractivity contribution in [3.63, 3.8) is 0 Å². The average Bonchev–Trinajstić information content (AvgIpc) is 3.23. The highest BCUT2D eigenvalue weighted by molar-refractivity contribution is 6.78. The Labute approximate surface area is 272 Å². The van der Waals surface area contributed by atoms with E-state index in [4.69, 9.17) is 23.1 Å². The molecule has 1 N–H and O–H groups in total. The quantitative estimate of drug-likeness (QED) is 0.126. The Bertz CT molecular complexity index is 962. The molecule has 254 valence electrons. The second-order valence-electron chi connectivity index (χ2n) is 15.1. The lowest BCUT2D eigenvalue weighted by molar-refractivity contribution is -0.156. The van der Waals surface area contributed by atoms with Crippen LogP contribution < -0.4 is 0 Å². The van der Waals surface area contributed by atoms with E-state index in [2.05, 4.69) is 89.2 Å². The molecule has 1 fully saturated rings. The molecular formula is C36H66O6Si2. The molecule has 1 aliphatic heterocycles. The van der Waals surface area contributed by atoms with Gasteiger partial charge in [0.25, 0.3) is 0 Å². The van der Waals surface area contributed by atoms with Crippen molar-refractivity contribution in [1.82, 2.24) is 0 Å². The smallest absolute Gasteiger partial charge is 0.200 e. The highest BCUT2D eigenvalue weighted by Crippen LogP contribution is 2.44. The van der Waals surface area contributed by atoms with Crippen LogP contribution in [0.2, 0.25) is 33.2 Å².